The monoisotopic (exact) mass is 334 g/mol. The van der Waals surface area contributed by atoms with Crippen LogP contribution in [0.3, 0.4) is 0 Å². The summed E-state index contributed by atoms with van der Waals surface area (Å²) in [7, 11) is 0. The van der Waals surface area contributed by atoms with Crippen molar-refractivity contribution in [2.45, 2.75) is 0 Å². The smallest absolute Gasteiger partial charge is 0.289 e. The first kappa shape index (κ1) is 13.2. The Bertz CT molecular complexity index is 572. The standard InChI is InChI=1S/C15H15BrN2O2/c16-12-3-5-13(6-4-12)17-7-9-18(10-8-17)15(19)14-2-1-11-20-14/h1-6,11H,7-10H2. The number of piperazine rings is 1. The van der Waals surface area contributed by atoms with Gasteiger partial charge in [0.05, 0.1) is 6.26 Å². The number of nitrogens with zero attached hydrogens (tertiary/aromatic N) is 2. The molecule has 0 bridgehead atoms. The number of carbonyl (C=O) groups is 1. The molecule has 1 aliphatic heterocycles. The SMILES string of the molecule is O=C(c1ccco1)N1CCN(c2ccc(Br)cc2)CC1. The zero-order chi connectivity index (χ0) is 13.9. The van der Waals surface area contributed by atoms with Crippen LogP contribution in [0, 0.1) is 0 Å². The normalized spacial score (nSPS) is 15.4. The minimum Gasteiger partial charge on any atom is -0.459 e. The Labute approximate surface area is 126 Å². The van der Waals surface area contributed by atoms with E-state index in [9.17, 15) is 4.79 Å². The largest absolute Gasteiger partial charge is 0.459 e. The van der Waals surface area contributed by atoms with E-state index in [2.05, 4.69) is 33.0 Å². The molecule has 5 heteroatoms. The lowest BCUT2D eigenvalue weighted by Crippen LogP contribution is -2.48. The fourth-order valence-corrected chi connectivity index (χ4v) is 2.64. The Morgan fingerprint density at radius 2 is 1.75 bits per heavy atom. The molecule has 4 nitrogen and oxygen atoms in total. The molecule has 2 aromatic rings. The highest BCUT2D eigenvalue weighted by molar-refractivity contribution is 9.10. The highest BCUT2D eigenvalue weighted by Crippen LogP contribution is 2.20. The third-order valence-corrected chi connectivity index (χ3v) is 4.02. The highest BCUT2D eigenvalue weighted by Gasteiger charge is 2.23. The lowest BCUT2D eigenvalue weighted by atomic mass is 10.2. The molecule has 2 heterocycles. The molecule has 1 saturated heterocycles. The van der Waals surface area contributed by atoms with Gasteiger partial charge in [-0.25, -0.2) is 0 Å². The van der Waals surface area contributed by atoms with E-state index in [0.29, 0.717) is 5.76 Å². The van der Waals surface area contributed by atoms with Gasteiger partial charge in [-0.2, -0.15) is 0 Å². The fourth-order valence-electron chi connectivity index (χ4n) is 2.38. The van der Waals surface area contributed by atoms with E-state index >= 15 is 0 Å². The zero-order valence-corrected chi connectivity index (χ0v) is 12.5. The molecular formula is C15H15BrN2O2. The van der Waals surface area contributed by atoms with Gasteiger partial charge in [0, 0.05) is 36.3 Å². The molecule has 0 spiro atoms. The van der Waals surface area contributed by atoms with E-state index in [4.69, 9.17) is 4.42 Å². The van der Waals surface area contributed by atoms with Crippen LogP contribution >= 0.6 is 15.9 Å². The van der Waals surface area contributed by atoms with Crippen LogP contribution in [0.2, 0.25) is 0 Å². The van der Waals surface area contributed by atoms with Crippen molar-refractivity contribution in [1.82, 2.24) is 4.90 Å². The van der Waals surface area contributed by atoms with Crippen LogP contribution in [-0.2, 0) is 0 Å². The van der Waals surface area contributed by atoms with Gasteiger partial charge in [0.15, 0.2) is 5.76 Å². The summed E-state index contributed by atoms with van der Waals surface area (Å²) in [5.41, 5.74) is 1.19. The number of amides is 1. The van der Waals surface area contributed by atoms with E-state index in [1.54, 1.807) is 12.1 Å². The molecule has 0 saturated carbocycles. The molecule has 1 aliphatic rings. The molecule has 0 unspecified atom stereocenters. The Morgan fingerprint density at radius 1 is 1.05 bits per heavy atom. The summed E-state index contributed by atoms with van der Waals surface area (Å²) in [6, 6.07) is 11.7. The predicted octanol–water partition coefficient (Wildman–Crippen LogP) is 3.00. The van der Waals surface area contributed by atoms with Gasteiger partial charge in [0.1, 0.15) is 0 Å². The average Bonchev–Trinajstić information content (AvgIpc) is 3.02. The summed E-state index contributed by atoms with van der Waals surface area (Å²) in [6.45, 7) is 3.12. The lowest BCUT2D eigenvalue weighted by Gasteiger charge is -2.35. The summed E-state index contributed by atoms with van der Waals surface area (Å²) in [4.78, 5) is 16.3. The highest BCUT2D eigenvalue weighted by atomic mass is 79.9. The summed E-state index contributed by atoms with van der Waals surface area (Å²) in [6.07, 6.45) is 1.53. The Morgan fingerprint density at radius 3 is 2.35 bits per heavy atom. The molecule has 0 radical (unpaired) electrons. The summed E-state index contributed by atoms with van der Waals surface area (Å²) < 4.78 is 6.24. The molecule has 0 atom stereocenters. The van der Waals surface area contributed by atoms with Crippen molar-refractivity contribution < 1.29 is 9.21 Å². The van der Waals surface area contributed by atoms with Gasteiger partial charge in [0.2, 0.25) is 0 Å². The van der Waals surface area contributed by atoms with Crippen molar-refractivity contribution in [2.75, 3.05) is 31.1 Å². The predicted molar refractivity (Wildman–Crippen MR) is 81.0 cm³/mol. The second-order valence-electron chi connectivity index (χ2n) is 4.73. The minimum absolute atomic E-state index is 0.0227. The van der Waals surface area contributed by atoms with Gasteiger partial charge in [-0.15, -0.1) is 0 Å². The average molecular weight is 335 g/mol. The molecule has 0 N–H and O–H groups in total. The molecule has 1 aromatic heterocycles. The number of furan rings is 1. The van der Waals surface area contributed by atoms with Crippen LogP contribution in [0.15, 0.2) is 51.6 Å². The van der Waals surface area contributed by atoms with Crippen molar-refractivity contribution in [2.24, 2.45) is 0 Å². The van der Waals surface area contributed by atoms with Gasteiger partial charge in [0.25, 0.3) is 5.91 Å². The number of carbonyl (C=O) groups excluding carboxylic acids is 1. The third-order valence-electron chi connectivity index (χ3n) is 3.49. The molecular weight excluding hydrogens is 320 g/mol. The number of rotatable bonds is 2. The second kappa shape index (κ2) is 5.71. The first-order valence-electron chi connectivity index (χ1n) is 6.57. The number of hydrogen-bond acceptors (Lipinski definition) is 3. The topological polar surface area (TPSA) is 36.7 Å². The second-order valence-corrected chi connectivity index (χ2v) is 5.65. The van der Waals surface area contributed by atoms with Crippen molar-refractivity contribution in [1.29, 1.82) is 0 Å². The molecule has 1 aromatic carbocycles. The first-order valence-corrected chi connectivity index (χ1v) is 7.36. The van der Waals surface area contributed by atoms with Gasteiger partial charge >= 0.3 is 0 Å². The van der Waals surface area contributed by atoms with Crippen LogP contribution < -0.4 is 4.90 Å². The summed E-state index contributed by atoms with van der Waals surface area (Å²) >= 11 is 3.44. The fraction of sp³-hybridized carbons (Fsp3) is 0.267. The van der Waals surface area contributed by atoms with Crippen LogP contribution in [0.5, 0.6) is 0 Å². The number of hydrogen-bond donors (Lipinski definition) is 0. The van der Waals surface area contributed by atoms with Crippen LogP contribution in [-0.4, -0.2) is 37.0 Å². The van der Waals surface area contributed by atoms with Gasteiger partial charge in [-0.05, 0) is 36.4 Å². The first-order chi connectivity index (χ1) is 9.74. The van der Waals surface area contributed by atoms with E-state index in [1.807, 2.05) is 17.0 Å². The van der Waals surface area contributed by atoms with Gasteiger partial charge < -0.3 is 14.2 Å². The maximum absolute atomic E-state index is 12.2. The van der Waals surface area contributed by atoms with E-state index in [1.165, 1.54) is 12.0 Å². The van der Waals surface area contributed by atoms with Crippen molar-refractivity contribution in [3.05, 3.63) is 52.9 Å². The molecule has 0 aliphatic carbocycles. The number of halogens is 1. The molecule has 3 rings (SSSR count). The molecule has 20 heavy (non-hydrogen) atoms. The van der Waals surface area contributed by atoms with Crippen LogP contribution in [0.4, 0.5) is 5.69 Å². The van der Waals surface area contributed by atoms with Crippen LogP contribution in [0.1, 0.15) is 10.6 Å². The van der Waals surface area contributed by atoms with Crippen molar-refractivity contribution in [3.8, 4) is 0 Å². The van der Waals surface area contributed by atoms with Crippen LogP contribution in [0.25, 0.3) is 0 Å². The lowest BCUT2D eigenvalue weighted by molar-refractivity contribution is 0.0714. The van der Waals surface area contributed by atoms with E-state index < -0.39 is 0 Å². The molecule has 104 valence electrons. The molecule has 1 amide bonds. The molecule has 1 fully saturated rings. The zero-order valence-electron chi connectivity index (χ0n) is 11.0. The number of benzene rings is 1. The maximum Gasteiger partial charge on any atom is 0.289 e. The third kappa shape index (κ3) is 2.72. The van der Waals surface area contributed by atoms with E-state index in [0.717, 1.165) is 30.7 Å². The Balaban J connectivity index is 1.62. The van der Waals surface area contributed by atoms with Crippen molar-refractivity contribution in [3.63, 3.8) is 0 Å². The maximum atomic E-state index is 12.2. The summed E-state index contributed by atoms with van der Waals surface area (Å²) in [5.74, 6) is 0.396. The Hall–Kier alpha value is -1.75. The Kier molecular flexibility index (Phi) is 3.78. The van der Waals surface area contributed by atoms with Gasteiger partial charge in [-0.3, -0.25) is 4.79 Å². The minimum atomic E-state index is -0.0227. The quantitative estimate of drug-likeness (QED) is 0.847. The van der Waals surface area contributed by atoms with Gasteiger partial charge in [-0.1, -0.05) is 15.9 Å². The van der Waals surface area contributed by atoms with E-state index in [-0.39, 0.29) is 5.91 Å². The number of anilines is 1. The summed E-state index contributed by atoms with van der Waals surface area (Å²) in [5, 5.41) is 0. The van der Waals surface area contributed by atoms with Crippen molar-refractivity contribution >= 4 is 27.5 Å².